The van der Waals surface area contributed by atoms with Crippen LogP contribution in [0.15, 0.2) is 45.6 Å². The van der Waals surface area contributed by atoms with Crippen LogP contribution in [0.3, 0.4) is 0 Å². The number of hydrogen-bond acceptors (Lipinski definition) is 8. The first-order valence-electron chi connectivity index (χ1n) is 12.3. The van der Waals surface area contributed by atoms with Crippen molar-refractivity contribution in [2.24, 2.45) is 10.9 Å². The summed E-state index contributed by atoms with van der Waals surface area (Å²) in [5.41, 5.74) is 5.00. The number of ether oxygens (including phenoxy) is 2. The molecular formula is C27H33N3O5S. The van der Waals surface area contributed by atoms with Gasteiger partial charge in [0.05, 0.1) is 43.4 Å². The molecule has 9 heteroatoms. The maximum Gasteiger partial charge on any atom is 0.338 e. The number of amides is 1. The number of benzene rings is 1. The lowest BCUT2D eigenvalue weighted by Crippen LogP contribution is -2.44. The van der Waals surface area contributed by atoms with E-state index in [1.54, 1.807) is 11.8 Å². The van der Waals surface area contributed by atoms with Crippen molar-refractivity contribution in [3.8, 4) is 0 Å². The smallest absolute Gasteiger partial charge is 0.338 e. The summed E-state index contributed by atoms with van der Waals surface area (Å²) < 4.78 is 10.3. The van der Waals surface area contributed by atoms with Gasteiger partial charge in [0.1, 0.15) is 0 Å². The molecule has 3 heterocycles. The number of allylic oxidation sites excluding steroid dienone is 1. The third-order valence-corrected chi connectivity index (χ3v) is 7.74. The van der Waals surface area contributed by atoms with Crippen LogP contribution in [-0.2, 0) is 23.9 Å². The Hall–Kier alpha value is -3.07. The highest BCUT2D eigenvalue weighted by Crippen LogP contribution is 2.45. The van der Waals surface area contributed by atoms with Gasteiger partial charge in [0.15, 0.2) is 5.17 Å². The van der Waals surface area contributed by atoms with Gasteiger partial charge >= 0.3 is 11.9 Å². The summed E-state index contributed by atoms with van der Waals surface area (Å²) in [4.78, 5) is 47.0. The Morgan fingerprint density at radius 2 is 1.97 bits per heavy atom. The SMILES string of the molecule is CCOC(=O)[C@H]1CCCN(C(=O)CC2=CSC3=NC(C)=C(C(=O)OC)[C@@H](c4ccc(C)cc4C)N23)C1. The number of likely N-dealkylation sites (tertiary alicyclic amines) is 1. The van der Waals surface area contributed by atoms with E-state index in [1.165, 1.54) is 18.9 Å². The zero-order chi connectivity index (χ0) is 26.0. The lowest BCUT2D eigenvalue weighted by atomic mass is 9.90. The van der Waals surface area contributed by atoms with E-state index >= 15 is 0 Å². The van der Waals surface area contributed by atoms with Gasteiger partial charge in [0.25, 0.3) is 0 Å². The molecule has 4 rings (SSSR count). The number of thioether (sulfide) groups is 1. The number of methoxy groups -OCH3 is 1. The Morgan fingerprint density at radius 1 is 1.19 bits per heavy atom. The molecule has 0 unspecified atom stereocenters. The number of hydrogen-bond donors (Lipinski definition) is 0. The van der Waals surface area contributed by atoms with Crippen LogP contribution in [0.4, 0.5) is 0 Å². The first-order valence-corrected chi connectivity index (χ1v) is 13.2. The molecule has 0 aliphatic carbocycles. The van der Waals surface area contributed by atoms with Gasteiger partial charge in [-0.05, 0) is 57.1 Å². The summed E-state index contributed by atoms with van der Waals surface area (Å²) >= 11 is 1.45. The van der Waals surface area contributed by atoms with Crippen LogP contribution < -0.4 is 0 Å². The predicted molar refractivity (Wildman–Crippen MR) is 139 cm³/mol. The van der Waals surface area contributed by atoms with Gasteiger partial charge < -0.3 is 19.3 Å². The normalized spacial score (nSPS) is 21.6. The van der Waals surface area contributed by atoms with Crippen LogP contribution in [0.5, 0.6) is 0 Å². The number of esters is 2. The zero-order valence-electron chi connectivity index (χ0n) is 21.5. The lowest BCUT2D eigenvalue weighted by molar-refractivity contribution is -0.151. The second-order valence-corrected chi connectivity index (χ2v) is 10.2. The Balaban J connectivity index is 1.62. The van der Waals surface area contributed by atoms with Crippen LogP contribution in [0.1, 0.15) is 55.8 Å². The second-order valence-electron chi connectivity index (χ2n) is 9.35. The predicted octanol–water partition coefficient (Wildman–Crippen LogP) is 4.24. The van der Waals surface area contributed by atoms with Gasteiger partial charge in [-0.15, -0.1) is 0 Å². The van der Waals surface area contributed by atoms with E-state index < -0.39 is 12.0 Å². The number of aryl methyl sites for hydroxylation is 2. The minimum atomic E-state index is -0.451. The van der Waals surface area contributed by atoms with Crippen molar-refractivity contribution in [2.75, 3.05) is 26.8 Å². The van der Waals surface area contributed by atoms with Crippen molar-refractivity contribution in [3.05, 3.63) is 57.3 Å². The third-order valence-electron chi connectivity index (χ3n) is 6.85. The van der Waals surface area contributed by atoms with E-state index in [4.69, 9.17) is 9.47 Å². The Labute approximate surface area is 216 Å². The first-order chi connectivity index (χ1) is 17.2. The molecule has 192 valence electrons. The molecule has 8 nitrogen and oxygen atoms in total. The van der Waals surface area contributed by atoms with Crippen molar-refractivity contribution in [1.82, 2.24) is 9.80 Å². The molecule has 1 fully saturated rings. The largest absolute Gasteiger partial charge is 0.466 e. The molecule has 1 aromatic rings. The van der Waals surface area contributed by atoms with Crippen molar-refractivity contribution in [3.63, 3.8) is 0 Å². The molecule has 0 spiro atoms. The fourth-order valence-electron chi connectivity index (χ4n) is 5.09. The molecule has 2 atom stereocenters. The molecule has 1 saturated heterocycles. The number of piperidine rings is 1. The number of nitrogens with zero attached hydrogens (tertiary/aromatic N) is 3. The highest BCUT2D eigenvalue weighted by molar-refractivity contribution is 8.16. The van der Waals surface area contributed by atoms with Crippen LogP contribution in [0, 0.1) is 19.8 Å². The molecule has 0 saturated carbocycles. The van der Waals surface area contributed by atoms with Crippen LogP contribution in [-0.4, -0.2) is 59.6 Å². The molecule has 0 N–H and O–H groups in total. The van der Waals surface area contributed by atoms with Crippen molar-refractivity contribution < 1.29 is 23.9 Å². The van der Waals surface area contributed by atoms with Gasteiger partial charge in [-0.2, -0.15) is 0 Å². The van der Waals surface area contributed by atoms with E-state index in [0.29, 0.717) is 31.0 Å². The van der Waals surface area contributed by atoms with Crippen molar-refractivity contribution in [1.29, 1.82) is 0 Å². The summed E-state index contributed by atoms with van der Waals surface area (Å²) in [6.45, 7) is 8.98. The fraction of sp³-hybridized carbons (Fsp3) is 0.481. The standard InChI is InChI=1S/C27H33N3O5S/c1-6-35-25(32)19-8-7-11-29(14-19)22(31)13-20-15-36-27-28-18(4)23(26(33)34-5)24(30(20)27)21-10-9-16(2)12-17(21)3/h9-10,12,15,19,24H,6-8,11,13-14H2,1-5H3/t19-,24+/m0/s1. The minimum Gasteiger partial charge on any atom is -0.466 e. The average Bonchev–Trinajstić information content (AvgIpc) is 3.25. The Bertz CT molecular complexity index is 1170. The quantitative estimate of drug-likeness (QED) is 0.528. The van der Waals surface area contributed by atoms with Crippen molar-refractivity contribution in [2.45, 2.75) is 53.0 Å². The number of aliphatic imine (C=N–C) groups is 1. The summed E-state index contributed by atoms with van der Waals surface area (Å²) in [5, 5.41) is 2.67. The molecule has 0 aromatic heterocycles. The Morgan fingerprint density at radius 3 is 2.67 bits per heavy atom. The number of carbonyl (C=O) groups excluding carboxylic acids is 3. The second kappa shape index (κ2) is 10.9. The molecule has 1 aromatic carbocycles. The Kier molecular flexibility index (Phi) is 7.88. The molecule has 0 bridgehead atoms. The maximum absolute atomic E-state index is 13.4. The molecule has 3 aliphatic heterocycles. The van der Waals surface area contributed by atoms with Gasteiger partial charge in [-0.1, -0.05) is 35.5 Å². The van der Waals surface area contributed by atoms with E-state index in [9.17, 15) is 14.4 Å². The number of amidine groups is 1. The molecule has 36 heavy (non-hydrogen) atoms. The summed E-state index contributed by atoms with van der Waals surface area (Å²) in [7, 11) is 1.37. The number of rotatable bonds is 6. The van der Waals surface area contributed by atoms with E-state index in [1.807, 2.05) is 43.2 Å². The summed E-state index contributed by atoms with van der Waals surface area (Å²) in [6, 6.07) is 5.70. The minimum absolute atomic E-state index is 0.0534. The monoisotopic (exact) mass is 511 g/mol. The van der Waals surface area contributed by atoms with Crippen molar-refractivity contribution >= 4 is 34.8 Å². The van der Waals surface area contributed by atoms with Crippen LogP contribution in [0.25, 0.3) is 0 Å². The van der Waals surface area contributed by atoms with Crippen LogP contribution in [0.2, 0.25) is 0 Å². The summed E-state index contributed by atoms with van der Waals surface area (Å²) in [5.74, 6) is -1.02. The highest BCUT2D eigenvalue weighted by atomic mass is 32.2. The fourth-order valence-corrected chi connectivity index (χ4v) is 6.05. The third kappa shape index (κ3) is 5.07. The van der Waals surface area contributed by atoms with Crippen LogP contribution >= 0.6 is 11.8 Å². The molecule has 3 aliphatic rings. The van der Waals surface area contributed by atoms with E-state index in [2.05, 4.69) is 11.1 Å². The highest BCUT2D eigenvalue weighted by Gasteiger charge is 2.42. The number of fused-ring (bicyclic) bond motifs is 1. The van der Waals surface area contributed by atoms with Gasteiger partial charge in [0.2, 0.25) is 5.91 Å². The molecular weight excluding hydrogens is 478 g/mol. The topological polar surface area (TPSA) is 88.5 Å². The van der Waals surface area contributed by atoms with Gasteiger partial charge in [-0.25, -0.2) is 9.79 Å². The first kappa shape index (κ1) is 26.0. The zero-order valence-corrected chi connectivity index (χ0v) is 22.3. The van der Waals surface area contributed by atoms with E-state index in [-0.39, 0.29) is 24.2 Å². The average molecular weight is 512 g/mol. The lowest BCUT2D eigenvalue weighted by Gasteiger charge is -2.38. The maximum atomic E-state index is 13.4. The molecule has 1 amide bonds. The van der Waals surface area contributed by atoms with Gasteiger partial charge in [-0.3, -0.25) is 9.59 Å². The number of carbonyl (C=O) groups is 3. The van der Waals surface area contributed by atoms with Gasteiger partial charge in [0, 0.05) is 18.8 Å². The summed E-state index contributed by atoms with van der Waals surface area (Å²) in [6.07, 6.45) is 1.64. The molecule has 0 radical (unpaired) electrons. The van der Waals surface area contributed by atoms with E-state index in [0.717, 1.165) is 40.4 Å².